The molecule has 0 spiro atoms. The lowest BCUT2D eigenvalue weighted by molar-refractivity contribution is -0.137. The summed E-state index contributed by atoms with van der Waals surface area (Å²) in [6, 6.07) is 7.07. The van der Waals surface area contributed by atoms with Crippen molar-refractivity contribution < 1.29 is 14.4 Å². The van der Waals surface area contributed by atoms with Crippen molar-refractivity contribution in [2.24, 2.45) is 5.92 Å². The van der Waals surface area contributed by atoms with Gasteiger partial charge in [0.2, 0.25) is 17.7 Å². The topological polar surface area (TPSA) is 81.8 Å². The van der Waals surface area contributed by atoms with Crippen LogP contribution in [0.3, 0.4) is 0 Å². The van der Waals surface area contributed by atoms with Crippen LogP contribution >= 0.6 is 0 Å². The molecule has 1 aromatic rings. The van der Waals surface area contributed by atoms with Gasteiger partial charge in [0.15, 0.2) is 0 Å². The number of carbonyl (C=O) groups excluding carboxylic acids is 3. The number of nitrogens with one attached hydrogen (secondary N) is 2. The summed E-state index contributed by atoms with van der Waals surface area (Å²) in [5.41, 5.74) is 1.73. The van der Waals surface area contributed by atoms with Crippen molar-refractivity contribution >= 4 is 23.4 Å². The van der Waals surface area contributed by atoms with Crippen molar-refractivity contribution in [3.8, 4) is 0 Å². The minimum atomic E-state index is -0.573. The highest BCUT2D eigenvalue weighted by atomic mass is 16.2. The lowest BCUT2D eigenvalue weighted by Crippen LogP contribution is -2.54. The van der Waals surface area contributed by atoms with E-state index in [9.17, 15) is 14.4 Å². The number of hydrogen-bond acceptors (Lipinski definition) is 4. The van der Waals surface area contributed by atoms with Crippen molar-refractivity contribution in [2.45, 2.75) is 70.8 Å². The molecule has 1 aromatic carbocycles. The first-order chi connectivity index (χ1) is 15.9. The number of carbonyl (C=O) groups is 3. The van der Waals surface area contributed by atoms with E-state index in [0.717, 1.165) is 37.2 Å². The van der Waals surface area contributed by atoms with E-state index in [2.05, 4.69) is 22.6 Å². The molecule has 0 bridgehead atoms. The number of hydrogen-bond donors (Lipinski definition) is 2. The molecular weight excluding hydrogens is 416 g/mol. The zero-order chi connectivity index (χ0) is 23.6. The highest BCUT2D eigenvalue weighted by Gasteiger charge is 2.28. The molecule has 1 atom stereocenters. The molecule has 1 aliphatic heterocycles. The van der Waals surface area contributed by atoms with E-state index in [0.29, 0.717) is 38.3 Å². The second-order valence-electron chi connectivity index (χ2n) is 9.61. The number of anilines is 1. The normalized spacial score (nSPS) is 18.9. The summed E-state index contributed by atoms with van der Waals surface area (Å²) < 4.78 is 0. The van der Waals surface area contributed by atoms with Crippen LogP contribution in [-0.4, -0.2) is 66.8 Å². The van der Waals surface area contributed by atoms with E-state index in [1.165, 1.54) is 25.7 Å². The fraction of sp³-hybridized carbons (Fsp3) is 0.654. The maximum atomic E-state index is 13.1. The molecule has 3 rings (SSSR count). The first-order valence-corrected chi connectivity index (χ1v) is 12.6. The molecule has 2 N–H and O–H groups in total. The molecule has 7 heteroatoms. The molecule has 7 nitrogen and oxygen atoms in total. The number of piperazine rings is 1. The molecule has 2 aliphatic rings. The van der Waals surface area contributed by atoms with Crippen LogP contribution in [-0.2, 0) is 20.8 Å². The summed E-state index contributed by atoms with van der Waals surface area (Å²) in [5.74, 6) is 0.429. The molecule has 0 radical (unpaired) electrons. The van der Waals surface area contributed by atoms with Crippen LogP contribution < -0.4 is 10.6 Å². The molecule has 182 valence electrons. The zero-order valence-electron chi connectivity index (χ0n) is 20.3. The zero-order valence-corrected chi connectivity index (χ0v) is 20.3. The van der Waals surface area contributed by atoms with Gasteiger partial charge in [0, 0.05) is 51.1 Å². The van der Waals surface area contributed by atoms with Gasteiger partial charge < -0.3 is 20.4 Å². The van der Waals surface area contributed by atoms with Crippen LogP contribution in [0.5, 0.6) is 0 Å². The van der Waals surface area contributed by atoms with Gasteiger partial charge in [-0.15, -0.1) is 0 Å². The monoisotopic (exact) mass is 456 g/mol. The predicted octanol–water partition coefficient (Wildman–Crippen LogP) is 3.20. The Kier molecular flexibility index (Phi) is 9.73. The van der Waals surface area contributed by atoms with E-state index in [1.807, 2.05) is 29.2 Å². The Morgan fingerprint density at radius 3 is 2.18 bits per heavy atom. The molecule has 3 amide bonds. The van der Waals surface area contributed by atoms with Crippen LogP contribution in [0.2, 0.25) is 0 Å². The second-order valence-corrected chi connectivity index (χ2v) is 9.61. The van der Waals surface area contributed by atoms with Crippen molar-refractivity contribution in [2.75, 3.05) is 38.5 Å². The van der Waals surface area contributed by atoms with Crippen LogP contribution in [0.15, 0.2) is 24.3 Å². The SMILES string of the molecule is CCC(=O)NC(Cc1ccc(NC(=O)CC2CCCCCC2)cc1)C(=O)N1CCN(C)CC1. The van der Waals surface area contributed by atoms with E-state index in [4.69, 9.17) is 0 Å². The third-order valence-corrected chi connectivity index (χ3v) is 6.90. The van der Waals surface area contributed by atoms with Gasteiger partial charge >= 0.3 is 0 Å². The average molecular weight is 457 g/mol. The average Bonchev–Trinajstić information content (AvgIpc) is 3.08. The van der Waals surface area contributed by atoms with Gasteiger partial charge in [-0.1, -0.05) is 44.7 Å². The first-order valence-electron chi connectivity index (χ1n) is 12.6. The molecule has 0 aromatic heterocycles. The standard InChI is InChI=1S/C26H40N4O3/c1-3-24(31)28-23(26(33)30-16-14-29(2)15-17-30)18-21-10-12-22(13-11-21)27-25(32)19-20-8-6-4-5-7-9-20/h10-13,20,23H,3-9,14-19H2,1-2H3,(H,27,32)(H,28,31). The van der Waals surface area contributed by atoms with Gasteiger partial charge in [0.25, 0.3) is 0 Å². The smallest absolute Gasteiger partial charge is 0.245 e. The number of likely N-dealkylation sites (N-methyl/N-ethyl adjacent to an activating group) is 1. The summed E-state index contributed by atoms with van der Waals surface area (Å²) in [5, 5.41) is 5.93. The van der Waals surface area contributed by atoms with Gasteiger partial charge in [-0.05, 0) is 43.5 Å². The third kappa shape index (κ3) is 8.14. The van der Waals surface area contributed by atoms with Crippen molar-refractivity contribution in [3.05, 3.63) is 29.8 Å². The fourth-order valence-electron chi connectivity index (χ4n) is 4.75. The summed E-state index contributed by atoms with van der Waals surface area (Å²) >= 11 is 0. The van der Waals surface area contributed by atoms with Gasteiger partial charge in [-0.2, -0.15) is 0 Å². The lowest BCUT2D eigenvalue weighted by atomic mass is 9.96. The van der Waals surface area contributed by atoms with Gasteiger partial charge in [-0.25, -0.2) is 0 Å². The maximum Gasteiger partial charge on any atom is 0.245 e. The summed E-state index contributed by atoms with van der Waals surface area (Å²) in [4.78, 5) is 41.7. The van der Waals surface area contributed by atoms with Crippen LogP contribution in [0.4, 0.5) is 5.69 Å². The molecule has 1 saturated carbocycles. The predicted molar refractivity (Wildman–Crippen MR) is 131 cm³/mol. The quantitative estimate of drug-likeness (QED) is 0.589. The highest BCUT2D eigenvalue weighted by molar-refractivity contribution is 5.91. The van der Waals surface area contributed by atoms with Crippen molar-refractivity contribution in [1.29, 1.82) is 0 Å². The first kappa shape index (κ1) is 25.2. The molecule has 1 heterocycles. The molecular formula is C26H40N4O3. The minimum absolute atomic E-state index is 0.0225. The Morgan fingerprint density at radius 1 is 0.939 bits per heavy atom. The summed E-state index contributed by atoms with van der Waals surface area (Å²) in [6.45, 7) is 4.84. The third-order valence-electron chi connectivity index (χ3n) is 6.90. The van der Waals surface area contributed by atoms with E-state index in [1.54, 1.807) is 6.92 Å². The second kappa shape index (κ2) is 12.7. The van der Waals surface area contributed by atoms with Crippen molar-refractivity contribution in [3.63, 3.8) is 0 Å². The number of amides is 3. The molecule has 33 heavy (non-hydrogen) atoms. The Labute approximate surface area is 198 Å². The van der Waals surface area contributed by atoms with E-state index < -0.39 is 6.04 Å². The molecule has 1 saturated heterocycles. The van der Waals surface area contributed by atoms with Gasteiger partial charge in [0.05, 0.1) is 0 Å². The van der Waals surface area contributed by atoms with Crippen LogP contribution in [0, 0.1) is 5.92 Å². The Bertz CT molecular complexity index is 779. The number of rotatable bonds is 8. The van der Waals surface area contributed by atoms with E-state index in [-0.39, 0.29) is 17.7 Å². The Hall–Kier alpha value is -2.41. The van der Waals surface area contributed by atoms with E-state index >= 15 is 0 Å². The summed E-state index contributed by atoms with van der Waals surface area (Å²) in [6.07, 6.45) is 8.72. The van der Waals surface area contributed by atoms with Gasteiger partial charge in [0.1, 0.15) is 6.04 Å². The molecule has 2 fully saturated rings. The minimum Gasteiger partial charge on any atom is -0.344 e. The van der Waals surface area contributed by atoms with Crippen molar-refractivity contribution in [1.82, 2.24) is 15.1 Å². The Balaban J connectivity index is 1.56. The fourth-order valence-corrected chi connectivity index (χ4v) is 4.75. The number of benzene rings is 1. The van der Waals surface area contributed by atoms with Crippen LogP contribution in [0.1, 0.15) is 63.9 Å². The lowest BCUT2D eigenvalue weighted by Gasteiger charge is -2.34. The maximum absolute atomic E-state index is 13.1. The van der Waals surface area contributed by atoms with Crippen LogP contribution in [0.25, 0.3) is 0 Å². The molecule has 1 unspecified atom stereocenters. The highest BCUT2D eigenvalue weighted by Crippen LogP contribution is 2.26. The van der Waals surface area contributed by atoms with Gasteiger partial charge in [-0.3, -0.25) is 14.4 Å². The number of nitrogens with zero attached hydrogens (tertiary/aromatic N) is 2. The molecule has 1 aliphatic carbocycles. The summed E-state index contributed by atoms with van der Waals surface area (Å²) in [7, 11) is 2.05. The largest absolute Gasteiger partial charge is 0.344 e. The Morgan fingerprint density at radius 2 is 1.58 bits per heavy atom.